The second-order valence-electron chi connectivity index (χ2n) is 4.23. The summed E-state index contributed by atoms with van der Waals surface area (Å²) in [4.78, 5) is 10.7. The number of nitrogens with zero attached hydrogens (tertiary/aromatic N) is 3. The molecule has 0 saturated heterocycles. The summed E-state index contributed by atoms with van der Waals surface area (Å²) in [5, 5.41) is 9.60. The molecule has 0 atom stereocenters. The van der Waals surface area contributed by atoms with Gasteiger partial charge in [-0.1, -0.05) is 12.2 Å². The van der Waals surface area contributed by atoms with Gasteiger partial charge in [-0.25, -0.2) is 4.98 Å². The monoisotopic (exact) mass is 281 g/mol. The Balaban J connectivity index is 2.36. The molecule has 0 fully saturated rings. The second-order valence-corrected chi connectivity index (χ2v) is 5.06. The van der Waals surface area contributed by atoms with E-state index in [4.69, 9.17) is 0 Å². The second kappa shape index (κ2) is 8.53. The van der Waals surface area contributed by atoms with E-state index >= 15 is 0 Å². The van der Waals surface area contributed by atoms with Crippen molar-refractivity contribution in [2.45, 2.75) is 19.9 Å². The average Bonchev–Trinajstić information content (AvgIpc) is 2.87. The van der Waals surface area contributed by atoms with E-state index in [1.807, 2.05) is 25.9 Å². The molecule has 0 aliphatic heterocycles. The van der Waals surface area contributed by atoms with E-state index in [0.29, 0.717) is 6.54 Å². The zero-order valence-corrected chi connectivity index (χ0v) is 12.9. The molecule has 0 aromatic carbocycles. The summed E-state index contributed by atoms with van der Waals surface area (Å²) >= 11 is 1.65. The Morgan fingerprint density at radius 3 is 2.84 bits per heavy atom. The summed E-state index contributed by atoms with van der Waals surface area (Å²) in [5.74, 6) is 0.809. The fraction of sp³-hybridized carbons (Fsp3) is 0.538. The van der Waals surface area contributed by atoms with Crippen molar-refractivity contribution in [3.8, 4) is 0 Å². The van der Waals surface area contributed by atoms with Gasteiger partial charge in [0.25, 0.3) is 0 Å². The van der Waals surface area contributed by atoms with Gasteiger partial charge in [-0.3, -0.25) is 4.99 Å². The van der Waals surface area contributed by atoms with Crippen molar-refractivity contribution in [1.29, 1.82) is 0 Å². The molecule has 5 nitrogen and oxygen atoms in total. The zero-order valence-electron chi connectivity index (χ0n) is 12.1. The van der Waals surface area contributed by atoms with Crippen LogP contribution in [-0.2, 0) is 6.54 Å². The van der Waals surface area contributed by atoms with Crippen molar-refractivity contribution in [3.05, 3.63) is 23.2 Å². The van der Waals surface area contributed by atoms with Crippen molar-refractivity contribution in [2.24, 2.45) is 4.99 Å². The number of aromatic nitrogens is 1. The summed E-state index contributed by atoms with van der Waals surface area (Å²) in [7, 11) is 5.77. The maximum Gasteiger partial charge on any atom is 0.191 e. The van der Waals surface area contributed by atoms with E-state index in [2.05, 4.69) is 38.1 Å². The van der Waals surface area contributed by atoms with Crippen LogP contribution in [0.5, 0.6) is 0 Å². The van der Waals surface area contributed by atoms with Gasteiger partial charge in [0.05, 0.1) is 12.2 Å². The minimum absolute atomic E-state index is 0.688. The van der Waals surface area contributed by atoms with Crippen molar-refractivity contribution in [2.75, 3.05) is 32.6 Å². The van der Waals surface area contributed by atoms with Gasteiger partial charge in [0.2, 0.25) is 0 Å². The molecular formula is C13H23N5S. The lowest BCUT2D eigenvalue weighted by atomic mass is 10.4. The van der Waals surface area contributed by atoms with Crippen molar-refractivity contribution in [1.82, 2.24) is 15.6 Å². The Hall–Kier alpha value is -1.56. The number of rotatable bonds is 6. The lowest BCUT2D eigenvalue weighted by Gasteiger charge is -2.10. The topological polar surface area (TPSA) is 52.6 Å². The highest BCUT2D eigenvalue weighted by Crippen LogP contribution is 2.17. The van der Waals surface area contributed by atoms with E-state index < -0.39 is 0 Å². The maximum atomic E-state index is 4.51. The minimum Gasteiger partial charge on any atom is -0.356 e. The summed E-state index contributed by atoms with van der Waals surface area (Å²) in [6.45, 7) is 3.59. The largest absolute Gasteiger partial charge is 0.356 e. The molecule has 0 aliphatic rings. The number of aliphatic imine (C=N–C) groups is 1. The molecule has 1 rings (SSSR count). The van der Waals surface area contributed by atoms with Crippen LogP contribution < -0.4 is 15.5 Å². The fourth-order valence-electron chi connectivity index (χ4n) is 1.42. The Morgan fingerprint density at radius 2 is 2.26 bits per heavy atom. The predicted octanol–water partition coefficient (Wildman–Crippen LogP) is 1.84. The molecule has 0 radical (unpaired) electrons. The van der Waals surface area contributed by atoms with Gasteiger partial charge in [0.1, 0.15) is 0 Å². The van der Waals surface area contributed by atoms with E-state index in [9.17, 15) is 0 Å². The molecule has 0 spiro atoms. The highest BCUT2D eigenvalue weighted by atomic mass is 32.1. The van der Waals surface area contributed by atoms with Gasteiger partial charge in [-0.15, -0.1) is 11.3 Å². The average molecular weight is 281 g/mol. The summed E-state index contributed by atoms with van der Waals surface area (Å²) in [6, 6.07) is 0. The molecule has 19 heavy (non-hydrogen) atoms. The quantitative estimate of drug-likeness (QED) is 0.361. The fourth-order valence-corrected chi connectivity index (χ4v) is 2.18. The third-order valence-electron chi connectivity index (χ3n) is 2.42. The Labute approximate surface area is 119 Å². The summed E-state index contributed by atoms with van der Waals surface area (Å²) < 4.78 is 0. The van der Waals surface area contributed by atoms with Crippen LogP contribution in [0, 0.1) is 0 Å². The molecule has 0 bridgehead atoms. The van der Waals surface area contributed by atoms with Gasteiger partial charge in [-0.05, 0) is 13.3 Å². The maximum absolute atomic E-state index is 4.51. The van der Waals surface area contributed by atoms with Crippen LogP contribution in [0.1, 0.15) is 19.0 Å². The Bertz CT molecular complexity index is 422. The number of hydrogen-bond acceptors (Lipinski definition) is 4. The first-order valence-corrected chi connectivity index (χ1v) is 7.22. The lowest BCUT2D eigenvalue weighted by Crippen LogP contribution is -2.37. The first-order chi connectivity index (χ1) is 9.17. The molecule has 1 aromatic heterocycles. The minimum atomic E-state index is 0.688. The number of nitrogens with one attached hydrogen (secondary N) is 2. The summed E-state index contributed by atoms with van der Waals surface area (Å²) in [6.07, 6.45) is 5.18. The summed E-state index contributed by atoms with van der Waals surface area (Å²) in [5.41, 5.74) is 1.03. The van der Waals surface area contributed by atoms with E-state index in [1.54, 1.807) is 18.4 Å². The number of anilines is 1. The number of guanidine groups is 1. The lowest BCUT2D eigenvalue weighted by molar-refractivity contribution is 0.793. The molecule has 0 amide bonds. The van der Waals surface area contributed by atoms with Crippen molar-refractivity contribution in [3.63, 3.8) is 0 Å². The molecule has 0 aliphatic carbocycles. The highest BCUT2D eigenvalue weighted by molar-refractivity contribution is 7.13. The molecule has 0 unspecified atom stereocenters. The Morgan fingerprint density at radius 1 is 1.47 bits per heavy atom. The third kappa shape index (κ3) is 5.74. The van der Waals surface area contributed by atoms with Crippen LogP contribution in [0.4, 0.5) is 5.13 Å². The van der Waals surface area contributed by atoms with Crippen molar-refractivity contribution >= 4 is 22.4 Å². The number of allylic oxidation sites excluding steroid dienone is 1. The normalized spacial score (nSPS) is 11.9. The van der Waals surface area contributed by atoms with Crippen LogP contribution in [-0.4, -0.2) is 38.6 Å². The molecule has 2 N–H and O–H groups in total. The van der Waals surface area contributed by atoms with E-state index in [-0.39, 0.29) is 0 Å². The molecule has 106 valence electrons. The molecule has 6 heteroatoms. The van der Waals surface area contributed by atoms with Gasteiger partial charge < -0.3 is 15.5 Å². The number of hydrogen-bond donors (Lipinski definition) is 2. The number of thiazole rings is 1. The highest BCUT2D eigenvalue weighted by Gasteiger charge is 2.04. The van der Waals surface area contributed by atoms with Crippen LogP contribution in [0.3, 0.4) is 0 Å². The van der Waals surface area contributed by atoms with Gasteiger partial charge in [-0.2, -0.15) is 0 Å². The first kappa shape index (κ1) is 15.5. The standard InChI is InChI=1S/C13H23N5S/c1-5-6-7-8-15-12(14-2)16-9-11-10-19-13(17-11)18(3)4/h5-6,10H,7-9H2,1-4H3,(H2,14,15,16). The van der Waals surface area contributed by atoms with Crippen LogP contribution in [0.15, 0.2) is 22.5 Å². The van der Waals surface area contributed by atoms with E-state index in [1.165, 1.54) is 0 Å². The van der Waals surface area contributed by atoms with Gasteiger partial charge in [0, 0.05) is 33.1 Å². The predicted molar refractivity (Wildman–Crippen MR) is 84.1 cm³/mol. The third-order valence-corrected chi connectivity index (χ3v) is 3.48. The van der Waals surface area contributed by atoms with Crippen LogP contribution >= 0.6 is 11.3 Å². The van der Waals surface area contributed by atoms with Gasteiger partial charge >= 0.3 is 0 Å². The zero-order chi connectivity index (χ0) is 14.1. The molecule has 0 saturated carbocycles. The Kier molecular flexibility index (Phi) is 6.95. The van der Waals surface area contributed by atoms with Crippen LogP contribution in [0.25, 0.3) is 0 Å². The smallest absolute Gasteiger partial charge is 0.191 e. The van der Waals surface area contributed by atoms with Crippen LogP contribution in [0.2, 0.25) is 0 Å². The van der Waals surface area contributed by atoms with Crippen molar-refractivity contribution < 1.29 is 0 Å². The molecule has 1 aromatic rings. The molecule has 1 heterocycles. The first-order valence-electron chi connectivity index (χ1n) is 6.34. The van der Waals surface area contributed by atoms with E-state index in [0.717, 1.165) is 29.8 Å². The SMILES string of the molecule is CC=CCCNC(=NC)NCc1csc(N(C)C)n1. The van der Waals surface area contributed by atoms with Gasteiger partial charge in [0.15, 0.2) is 11.1 Å². The molecular weight excluding hydrogens is 258 g/mol.